The lowest BCUT2D eigenvalue weighted by Crippen LogP contribution is -2.00. The SMILES string of the molecule is Cc1noc(Cn2cc(N)nn2)n1. The predicted molar refractivity (Wildman–Crippen MR) is 42.6 cm³/mol. The van der Waals surface area contributed by atoms with E-state index in [9.17, 15) is 0 Å². The smallest absolute Gasteiger partial charge is 0.248 e. The molecule has 0 aliphatic carbocycles. The minimum absolute atomic E-state index is 0.372. The van der Waals surface area contributed by atoms with Crippen LogP contribution in [0.3, 0.4) is 0 Å². The summed E-state index contributed by atoms with van der Waals surface area (Å²) in [7, 11) is 0. The fourth-order valence-electron chi connectivity index (χ4n) is 0.934. The van der Waals surface area contributed by atoms with Crippen molar-refractivity contribution in [2.45, 2.75) is 13.5 Å². The van der Waals surface area contributed by atoms with Crippen molar-refractivity contribution < 1.29 is 4.52 Å². The first-order valence-electron chi connectivity index (χ1n) is 3.69. The maximum absolute atomic E-state index is 5.38. The minimum atomic E-state index is 0.372. The number of nitrogens with two attached hydrogens (primary N) is 1. The Balaban J connectivity index is 2.14. The van der Waals surface area contributed by atoms with E-state index in [1.54, 1.807) is 13.1 Å². The molecule has 2 N–H and O–H groups in total. The Hall–Kier alpha value is -1.92. The molecule has 2 rings (SSSR count). The van der Waals surface area contributed by atoms with Gasteiger partial charge < -0.3 is 10.3 Å². The molecule has 7 heteroatoms. The summed E-state index contributed by atoms with van der Waals surface area (Å²) in [5.74, 6) is 1.46. The molecule has 2 aromatic rings. The van der Waals surface area contributed by atoms with Gasteiger partial charge in [0.05, 0.1) is 6.20 Å². The molecule has 0 aliphatic heterocycles. The van der Waals surface area contributed by atoms with Crippen molar-refractivity contribution in [1.29, 1.82) is 0 Å². The molecule has 0 radical (unpaired) electrons. The summed E-state index contributed by atoms with van der Waals surface area (Å²) in [5.41, 5.74) is 5.38. The molecule has 0 spiro atoms. The second-order valence-corrected chi connectivity index (χ2v) is 2.58. The summed E-state index contributed by atoms with van der Waals surface area (Å²) < 4.78 is 6.42. The number of aryl methyl sites for hydroxylation is 1. The number of nitrogens with zero attached hydrogens (tertiary/aromatic N) is 5. The molecule has 0 bridgehead atoms. The number of hydrogen-bond acceptors (Lipinski definition) is 6. The number of hydrogen-bond donors (Lipinski definition) is 1. The Labute approximate surface area is 73.5 Å². The third-order valence-corrected chi connectivity index (χ3v) is 1.42. The predicted octanol–water partition coefficient (Wildman–Crippen LogP) is -0.400. The minimum Gasteiger partial charge on any atom is -0.381 e. The van der Waals surface area contributed by atoms with Gasteiger partial charge >= 0.3 is 0 Å². The third-order valence-electron chi connectivity index (χ3n) is 1.42. The van der Waals surface area contributed by atoms with Gasteiger partial charge in [0.15, 0.2) is 11.6 Å². The molecule has 0 atom stereocenters. The van der Waals surface area contributed by atoms with Crippen molar-refractivity contribution in [2.75, 3.05) is 5.73 Å². The Bertz CT molecular complexity index is 366. The van der Waals surface area contributed by atoms with Crippen LogP contribution in [0.5, 0.6) is 0 Å². The highest BCUT2D eigenvalue weighted by Gasteiger charge is 2.04. The van der Waals surface area contributed by atoms with E-state index in [4.69, 9.17) is 10.3 Å². The molecule has 0 aliphatic rings. The summed E-state index contributed by atoms with van der Waals surface area (Å²) in [6.45, 7) is 2.15. The van der Waals surface area contributed by atoms with Crippen LogP contribution in [0.25, 0.3) is 0 Å². The summed E-state index contributed by atoms with van der Waals surface area (Å²) in [4.78, 5) is 4.01. The molecule has 0 saturated carbocycles. The van der Waals surface area contributed by atoms with E-state index in [0.29, 0.717) is 24.1 Å². The molecule has 68 valence electrons. The van der Waals surface area contributed by atoms with Crippen LogP contribution in [0.4, 0.5) is 5.82 Å². The molecule has 2 heterocycles. The van der Waals surface area contributed by atoms with E-state index >= 15 is 0 Å². The first-order valence-corrected chi connectivity index (χ1v) is 3.69. The van der Waals surface area contributed by atoms with Crippen molar-refractivity contribution >= 4 is 5.82 Å². The second-order valence-electron chi connectivity index (χ2n) is 2.58. The monoisotopic (exact) mass is 180 g/mol. The molecule has 0 fully saturated rings. The van der Waals surface area contributed by atoms with Crippen LogP contribution >= 0.6 is 0 Å². The van der Waals surface area contributed by atoms with E-state index in [0.717, 1.165) is 0 Å². The summed E-state index contributed by atoms with van der Waals surface area (Å²) in [6, 6.07) is 0. The Morgan fingerprint density at radius 2 is 2.46 bits per heavy atom. The van der Waals surface area contributed by atoms with Crippen LogP contribution in [-0.2, 0) is 6.54 Å². The molecular formula is C6H8N6O. The van der Waals surface area contributed by atoms with E-state index < -0.39 is 0 Å². The first-order chi connectivity index (χ1) is 6.24. The standard InChI is InChI=1S/C6H8N6O/c1-4-8-6(13-10-4)3-12-2-5(7)9-11-12/h2H,3,7H2,1H3. The highest BCUT2D eigenvalue weighted by Crippen LogP contribution is 2.00. The van der Waals surface area contributed by atoms with Crippen LogP contribution in [0.2, 0.25) is 0 Å². The van der Waals surface area contributed by atoms with Gasteiger partial charge in [-0.05, 0) is 6.92 Å². The lowest BCUT2D eigenvalue weighted by molar-refractivity contribution is 0.361. The van der Waals surface area contributed by atoms with E-state index in [2.05, 4.69) is 20.5 Å². The summed E-state index contributed by atoms with van der Waals surface area (Å²) in [5, 5.41) is 11.0. The Kier molecular flexibility index (Phi) is 1.69. The van der Waals surface area contributed by atoms with E-state index in [1.165, 1.54) is 4.68 Å². The average Bonchev–Trinajstić information content (AvgIpc) is 2.62. The molecule has 0 amide bonds. The fraction of sp³-hybridized carbons (Fsp3) is 0.333. The van der Waals surface area contributed by atoms with Gasteiger partial charge in [-0.15, -0.1) is 5.10 Å². The molecule has 7 nitrogen and oxygen atoms in total. The highest BCUT2D eigenvalue weighted by molar-refractivity contribution is 5.19. The van der Waals surface area contributed by atoms with Gasteiger partial charge in [-0.25, -0.2) is 4.68 Å². The zero-order valence-corrected chi connectivity index (χ0v) is 7.01. The quantitative estimate of drug-likeness (QED) is 0.675. The van der Waals surface area contributed by atoms with Crippen LogP contribution in [0.15, 0.2) is 10.7 Å². The largest absolute Gasteiger partial charge is 0.381 e. The number of aromatic nitrogens is 5. The molecule has 0 aromatic carbocycles. The Morgan fingerprint density at radius 3 is 3.00 bits per heavy atom. The number of anilines is 1. The van der Waals surface area contributed by atoms with Crippen LogP contribution in [-0.4, -0.2) is 25.1 Å². The number of rotatable bonds is 2. The lowest BCUT2D eigenvalue weighted by atomic mass is 10.6. The normalized spacial score (nSPS) is 10.5. The zero-order chi connectivity index (χ0) is 9.26. The first kappa shape index (κ1) is 7.71. The van der Waals surface area contributed by atoms with Gasteiger partial charge in [0.2, 0.25) is 5.89 Å². The maximum Gasteiger partial charge on any atom is 0.248 e. The average molecular weight is 180 g/mol. The van der Waals surface area contributed by atoms with Gasteiger partial charge in [0.1, 0.15) is 6.54 Å². The van der Waals surface area contributed by atoms with Crippen molar-refractivity contribution in [2.24, 2.45) is 0 Å². The van der Waals surface area contributed by atoms with Crippen molar-refractivity contribution in [3.05, 3.63) is 17.9 Å². The van der Waals surface area contributed by atoms with Gasteiger partial charge in [-0.1, -0.05) is 10.4 Å². The third kappa shape index (κ3) is 1.63. The van der Waals surface area contributed by atoms with Gasteiger partial charge in [0.25, 0.3) is 0 Å². The molecule has 0 saturated heterocycles. The van der Waals surface area contributed by atoms with Gasteiger partial charge in [-0.2, -0.15) is 4.98 Å². The van der Waals surface area contributed by atoms with E-state index in [-0.39, 0.29) is 0 Å². The Morgan fingerprint density at radius 1 is 1.62 bits per heavy atom. The lowest BCUT2D eigenvalue weighted by Gasteiger charge is -1.90. The van der Waals surface area contributed by atoms with Crippen molar-refractivity contribution in [3.8, 4) is 0 Å². The summed E-state index contributed by atoms with van der Waals surface area (Å²) in [6.07, 6.45) is 1.60. The number of nitrogen functional groups attached to an aromatic ring is 1. The van der Waals surface area contributed by atoms with Crippen LogP contribution < -0.4 is 5.73 Å². The van der Waals surface area contributed by atoms with Gasteiger partial charge in [-0.3, -0.25) is 0 Å². The van der Waals surface area contributed by atoms with Gasteiger partial charge in [0, 0.05) is 0 Å². The van der Waals surface area contributed by atoms with Crippen LogP contribution in [0.1, 0.15) is 11.7 Å². The zero-order valence-electron chi connectivity index (χ0n) is 7.01. The highest BCUT2D eigenvalue weighted by atomic mass is 16.5. The molecular weight excluding hydrogens is 172 g/mol. The topological polar surface area (TPSA) is 95.7 Å². The molecule has 13 heavy (non-hydrogen) atoms. The van der Waals surface area contributed by atoms with Crippen molar-refractivity contribution in [1.82, 2.24) is 25.1 Å². The van der Waals surface area contributed by atoms with E-state index in [1.807, 2.05) is 0 Å². The summed E-state index contributed by atoms with van der Waals surface area (Å²) >= 11 is 0. The fourth-order valence-corrected chi connectivity index (χ4v) is 0.934. The van der Waals surface area contributed by atoms with Crippen LogP contribution in [0, 0.1) is 6.92 Å². The maximum atomic E-state index is 5.38. The molecule has 0 unspecified atom stereocenters. The second kappa shape index (κ2) is 2.85. The van der Waals surface area contributed by atoms with Crippen molar-refractivity contribution in [3.63, 3.8) is 0 Å². The molecule has 2 aromatic heterocycles.